The van der Waals surface area contributed by atoms with Crippen molar-refractivity contribution in [1.29, 1.82) is 0 Å². The van der Waals surface area contributed by atoms with Crippen LogP contribution in [0, 0.1) is 6.07 Å². The largest absolute Gasteiger partial charge is 1.00 e. The Balaban J connectivity index is 0. The molecule has 0 unspecified atom stereocenters. The van der Waals surface area contributed by atoms with Crippen LogP contribution in [0.25, 0.3) is 0 Å². The van der Waals surface area contributed by atoms with Crippen molar-refractivity contribution in [3.8, 4) is 5.75 Å². The van der Waals surface area contributed by atoms with Crippen LogP contribution in [0.1, 0.15) is 38.7 Å². The predicted molar refractivity (Wildman–Crippen MR) is 63.5 cm³/mol. The Morgan fingerprint density at radius 3 is 2.41 bits per heavy atom. The number of benzene rings is 1. The third kappa shape index (κ3) is 13.4. The van der Waals surface area contributed by atoms with Crippen LogP contribution in [0.3, 0.4) is 0 Å². The molecule has 0 aromatic heterocycles. The van der Waals surface area contributed by atoms with Crippen molar-refractivity contribution < 1.29 is 44.6 Å². The number of unbranched alkanes of at least 4 members (excludes halogenated alkanes) is 2. The maximum Gasteiger partial charge on any atom is 1.00 e. The van der Waals surface area contributed by atoms with Crippen LogP contribution in [0.2, 0.25) is 0 Å². The van der Waals surface area contributed by atoms with Crippen LogP contribution in [-0.2, 0) is 11.2 Å². The van der Waals surface area contributed by atoms with E-state index in [1.54, 1.807) is 6.07 Å². The first kappa shape index (κ1) is 18.8. The van der Waals surface area contributed by atoms with Crippen molar-refractivity contribution in [3.05, 3.63) is 29.8 Å². The molecule has 0 saturated heterocycles. The number of hydrogen-bond donors (Lipinski definition) is 2. The van der Waals surface area contributed by atoms with E-state index in [0.29, 0.717) is 5.75 Å². The Bertz CT molecular complexity index is 309. The van der Waals surface area contributed by atoms with Gasteiger partial charge in [0.15, 0.2) is 0 Å². The molecule has 4 heteroatoms. The zero-order valence-electron chi connectivity index (χ0n) is 10.9. The molecule has 3 nitrogen and oxygen atoms in total. The van der Waals surface area contributed by atoms with Gasteiger partial charge in [-0.05, 0) is 0 Å². The Morgan fingerprint density at radius 1 is 1.35 bits per heavy atom. The van der Waals surface area contributed by atoms with Gasteiger partial charge in [-0.3, -0.25) is 4.79 Å². The van der Waals surface area contributed by atoms with Crippen LogP contribution in [0.4, 0.5) is 0 Å². The van der Waals surface area contributed by atoms with Gasteiger partial charge in [0.05, 0.1) is 0 Å². The third-order valence-electron chi connectivity index (χ3n) is 1.90. The molecule has 0 aliphatic rings. The Hall–Kier alpha value is -0.510. The first-order chi connectivity index (χ1) is 7.56. The van der Waals surface area contributed by atoms with E-state index < -0.39 is 5.97 Å². The molecule has 0 aliphatic carbocycles. The van der Waals surface area contributed by atoms with Gasteiger partial charge in [-0.15, -0.1) is 12.1 Å². The van der Waals surface area contributed by atoms with Crippen molar-refractivity contribution in [1.82, 2.24) is 0 Å². The first-order valence-electron chi connectivity index (χ1n) is 5.44. The van der Waals surface area contributed by atoms with Gasteiger partial charge in [-0.1, -0.05) is 32.6 Å². The normalized spacial score (nSPS) is 8.59. The number of aliphatic carboxylic acids is 1. The van der Waals surface area contributed by atoms with Crippen molar-refractivity contribution >= 4 is 5.97 Å². The second-order valence-electron chi connectivity index (χ2n) is 3.58. The summed E-state index contributed by atoms with van der Waals surface area (Å²) in [4.78, 5) is 9.00. The van der Waals surface area contributed by atoms with Gasteiger partial charge in [0, 0.05) is 12.7 Å². The first-order valence-corrected chi connectivity index (χ1v) is 5.44. The molecule has 0 atom stereocenters. The topological polar surface area (TPSA) is 57.5 Å². The summed E-state index contributed by atoms with van der Waals surface area (Å²) in [7, 11) is 0. The zero-order chi connectivity index (χ0) is 12.4. The van der Waals surface area contributed by atoms with Crippen molar-refractivity contribution in [2.24, 2.45) is 0 Å². The summed E-state index contributed by atoms with van der Waals surface area (Å²) in [5.74, 6) is -0.510. The number of hydrogen-bond acceptors (Lipinski definition) is 2. The van der Waals surface area contributed by atoms with Gasteiger partial charge in [0.2, 0.25) is 0 Å². The van der Waals surface area contributed by atoms with E-state index in [0.717, 1.165) is 13.3 Å². The van der Waals surface area contributed by atoms with E-state index >= 15 is 0 Å². The van der Waals surface area contributed by atoms with E-state index in [2.05, 4.69) is 13.0 Å². The minimum atomic E-state index is -0.833. The van der Waals surface area contributed by atoms with Crippen molar-refractivity contribution in [3.63, 3.8) is 0 Å². The van der Waals surface area contributed by atoms with E-state index in [-0.39, 0.29) is 29.6 Å². The summed E-state index contributed by atoms with van der Waals surface area (Å²) in [6, 6.07) is 8.24. The molecule has 1 aromatic carbocycles. The number of carbonyl (C=O) groups is 1. The summed E-state index contributed by atoms with van der Waals surface area (Å²) in [5, 5.41) is 16.6. The fraction of sp³-hybridized carbons (Fsp3) is 0.462. The van der Waals surface area contributed by atoms with Gasteiger partial charge in [0.25, 0.3) is 5.97 Å². The molecule has 0 spiro atoms. The van der Waals surface area contributed by atoms with Crippen LogP contribution in [-0.4, -0.2) is 16.2 Å². The van der Waals surface area contributed by atoms with Crippen molar-refractivity contribution in [2.75, 3.05) is 0 Å². The van der Waals surface area contributed by atoms with Gasteiger partial charge >= 0.3 is 29.6 Å². The number of carboxylic acid groups (broad SMARTS) is 1. The monoisotopic (exact) mass is 246 g/mol. The molecular formula is C13H19NaO3. The van der Waals surface area contributed by atoms with Gasteiger partial charge in [0.1, 0.15) is 0 Å². The second-order valence-corrected chi connectivity index (χ2v) is 3.58. The molecular weight excluding hydrogens is 227 g/mol. The van der Waals surface area contributed by atoms with Gasteiger partial charge in [-0.25, -0.2) is 0 Å². The van der Waals surface area contributed by atoms with Gasteiger partial charge < -0.3 is 10.2 Å². The fourth-order valence-corrected chi connectivity index (χ4v) is 1.23. The SMILES string of the molecule is CC(=O)O.CCCCCc1c[c-]cc(O)c1.[Na+]. The van der Waals surface area contributed by atoms with Crippen molar-refractivity contribution in [2.45, 2.75) is 39.5 Å². The third-order valence-corrected chi connectivity index (χ3v) is 1.90. The molecule has 0 amide bonds. The molecule has 17 heavy (non-hydrogen) atoms. The van der Waals surface area contributed by atoms with E-state index in [1.807, 2.05) is 12.1 Å². The molecule has 1 rings (SSSR count). The number of carboxylic acids is 1. The van der Waals surface area contributed by atoms with Crippen LogP contribution in [0.15, 0.2) is 18.2 Å². The second kappa shape index (κ2) is 12.0. The maximum atomic E-state index is 9.14. The average Bonchev–Trinajstić information content (AvgIpc) is 2.17. The molecule has 0 fully saturated rings. The van der Waals surface area contributed by atoms with Crippen LogP contribution >= 0.6 is 0 Å². The number of aryl methyl sites for hydroxylation is 1. The molecule has 90 valence electrons. The summed E-state index contributed by atoms with van der Waals surface area (Å²) in [6.07, 6.45) is 4.75. The van der Waals surface area contributed by atoms with Crippen LogP contribution in [0.5, 0.6) is 5.75 Å². The standard InChI is InChI=1S/C11H15O.C2H4O2.Na/c1-2-3-4-6-10-7-5-8-11(12)9-10;1-2(3)4;/h7-9,12H,2-4,6H2,1H3;1H3,(H,3,4);/q-1;;+1. The quantitative estimate of drug-likeness (QED) is 0.447. The molecule has 2 N–H and O–H groups in total. The minimum absolute atomic E-state index is 0. The molecule has 0 heterocycles. The summed E-state index contributed by atoms with van der Waals surface area (Å²) >= 11 is 0. The van der Waals surface area contributed by atoms with E-state index in [1.165, 1.54) is 24.8 Å². The molecule has 0 radical (unpaired) electrons. The summed E-state index contributed by atoms with van der Waals surface area (Å²) in [5.41, 5.74) is 1.18. The fourth-order valence-electron chi connectivity index (χ4n) is 1.23. The predicted octanol–water partition coefficient (Wildman–Crippen LogP) is 0.0200. The van der Waals surface area contributed by atoms with Crippen LogP contribution < -0.4 is 29.6 Å². The minimum Gasteiger partial charge on any atom is -0.566 e. The zero-order valence-corrected chi connectivity index (χ0v) is 12.9. The molecule has 1 aromatic rings. The number of rotatable bonds is 4. The Morgan fingerprint density at radius 2 is 1.94 bits per heavy atom. The average molecular weight is 246 g/mol. The van der Waals surface area contributed by atoms with Gasteiger partial charge in [-0.2, -0.15) is 17.7 Å². The Labute approximate surface area is 125 Å². The number of phenols is 1. The summed E-state index contributed by atoms with van der Waals surface area (Å²) in [6.45, 7) is 3.27. The Kier molecular flexibility index (Phi) is 13.3. The molecule has 0 saturated carbocycles. The molecule has 0 bridgehead atoms. The van der Waals surface area contributed by atoms with E-state index in [9.17, 15) is 0 Å². The maximum absolute atomic E-state index is 9.14. The van der Waals surface area contributed by atoms with E-state index in [4.69, 9.17) is 15.0 Å². The summed E-state index contributed by atoms with van der Waals surface area (Å²) < 4.78 is 0. The number of phenolic OH excluding ortho intramolecular Hbond substituents is 1. The number of aromatic hydroxyl groups is 1. The smallest absolute Gasteiger partial charge is 0.566 e. The molecule has 0 aliphatic heterocycles.